The van der Waals surface area contributed by atoms with E-state index in [2.05, 4.69) is 0 Å². The lowest BCUT2D eigenvalue weighted by Crippen LogP contribution is -2.00. The van der Waals surface area contributed by atoms with Gasteiger partial charge in [0.25, 0.3) is 0 Å². The minimum atomic E-state index is -4.43. The summed E-state index contributed by atoms with van der Waals surface area (Å²) in [6, 6.07) is 4.02. The van der Waals surface area contributed by atoms with Crippen molar-refractivity contribution in [1.82, 2.24) is 0 Å². The Hall–Kier alpha value is -0.500. The Balaban J connectivity index is 2.69. The lowest BCUT2D eigenvalue weighted by atomic mass is 10.4. The molecule has 0 radical (unpaired) electrons. The summed E-state index contributed by atoms with van der Waals surface area (Å²) in [5.74, 6) is 0. The number of hydrogen-bond acceptors (Lipinski definition) is 2. The average molecular weight is 278 g/mol. The molecule has 0 N–H and O–H groups in total. The number of benzene rings is 1. The maximum atomic E-state index is 11.9. The summed E-state index contributed by atoms with van der Waals surface area (Å²) in [5, 5.41) is 0. The summed E-state index contributed by atoms with van der Waals surface area (Å²) in [4.78, 5) is -0.280. The molecule has 0 aromatic heterocycles. The van der Waals surface area contributed by atoms with Crippen LogP contribution in [0.5, 0.6) is 0 Å². The van der Waals surface area contributed by atoms with Crippen LogP contribution in [0.25, 0.3) is 0 Å². The van der Waals surface area contributed by atoms with Crippen LogP contribution in [-0.4, -0.2) is 11.0 Å². The number of hydrogen-bond donors (Lipinski definition) is 0. The van der Waals surface area contributed by atoms with Crippen molar-refractivity contribution in [2.75, 3.05) is 0 Å². The minimum Gasteiger partial charge on any atom is -0.160 e. The van der Waals surface area contributed by atoms with E-state index in [1.807, 2.05) is 0 Å². The van der Waals surface area contributed by atoms with Crippen molar-refractivity contribution in [2.24, 2.45) is 0 Å². The van der Waals surface area contributed by atoms with Gasteiger partial charge < -0.3 is 0 Å². The van der Waals surface area contributed by atoms with Gasteiger partial charge in [-0.15, -0.1) is 0 Å². The van der Waals surface area contributed by atoms with Gasteiger partial charge in [-0.3, -0.25) is 0 Å². The summed E-state index contributed by atoms with van der Waals surface area (Å²) in [5.41, 5.74) is -8.86. The molecule has 0 saturated heterocycles. The zero-order chi connectivity index (χ0) is 12.4. The molecule has 0 saturated carbocycles. The van der Waals surface area contributed by atoms with Crippen LogP contribution in [0, 0.1) is 0 Å². The quantitative estimate of drug-likeness (QED) is 0.557. The van der Waals surface area contributed by atoms with Gasteiger partial charge in [0, 0.05) is 9.79 Å². The second-order valence-electron chi connectivity index (χ2n) is 2.57. The van der Waals surface area contributed by atoms with Crippen molar-refractivity contribution in [3.05, 3.63) is 24.3 Å². The fourth-order valence-electron chi connectivity index (χ4n) is 0.843. The Morgan fingerprint density at radius 1 is 0.625 bits per heavy atom. The van der Waals surface area contributed by atoms with Crippen molar-refractivity contribution < 1.29 is 26.3 Å². The van der Waals surface area contributed by atoms with Gasteiger partial charge in [0.2, 0.25) is 0 Å². The number of rotatable bonds is 2. The van der Waals surface area contributed by atoms with E-state index in [1.54, 1.807) is 0 Å². The van der Waals surface area contributed by atoms with E-state index in [4.69, 9.17) is 0 Å². The molecule has 0 atom stereocenters. The zero-order valence-electron chi connectivity index (χ0n) is 7.39. The fourth-order valence-corrected chi connectivity index (χ4v) is 1.92. The van der Waals surface area contributed by atoms with Gasteiger partial charge in [0.05, 0.1) is 0 Å². The topological polar surface area (TPSA) is 0 Å². The van der Waals surface area contributed by atoms with Gasteiger partial charge in [-0.05, 0) is 47.8 Å². The van der Waals surface area contributed by atoms with Crippen LogP contribution < -0.4 is 0 Å². The van der Waals surface area contributed by atoms with E-state index in [9.17, 15) is 26.3 Å². The first-order valence-corrected chi connectivity index (χ1v) is 5.40. The Morgan fingerprint density at radius 2 is 0.875 bits per heavy atom. The molecule has 1 aromatic rings. The predicted molar refractivity (Wildman–Crippen MR) is 50.3 cm³/mol. The Kier molecular flexibility index (Phi) is 4.06. The average Bonchev–Trinajstić information content (AvgIpc) is 2.03. The molecular weight excluding hydrogens is 274 g/mol. The molecule has 0 aliphatic heterocycles. The first-order chi connectivity index (χ1) is 7.16. The maximum Gasteiger partial charge on any atom is 0.446 e. The highest BCUT2D eigenvalue weighted by atomic mass is 32.2. The molecule has 0 aliphatic rings. The van der Waals surface area contributed by atoms with E-state index in [0.717, 1.165) is 24.3 Å². The monoisotopic (exact) mass is 278 g/mol. The molecule has 0 fully saturated rings. The predicted octanol–water partition coefficient (Wildman–Crippen LogP) is 4.91. The molecule has 16 heavy (non-hydrogen) atoms. The summed E-state index contributed by atoms with van der Waals surface area (Å²) in [7, 11) is 0. The van der Waals surface area contributed by atoms with Crippen LogP contribution in [0.4, 0.5) is 26.3 Å². The number of halogens is 6. The van der Waals surface area contributed by atoms with Crippen LogP contribution in [0.3, 0.4) is 0 Å². The van der Waals surface area contributed by atoms with Crippen LogP contribution in [-0.2, 0) is 0 Å². The maximum absolute atomic E-state index is 11.9. The van der Waals surface area contributed by atoms with Crippen molar-refractivity contribution in [2.45, 2.75) is 20.8 Å². The SMILES string of the molecule is FC(F)(F)Sc1ccc(SC(F)(F)F)cc1. The van der Waals surface area contributed by atoms with Gasteiger partial charge in [-0.1, -0.05) is 0 Å². The first-order valence-electron chi connectivity index (χ1n) is 3.77. The van der Waals surface area contributed by atoms with Crippen molar-refractivity contribution in [3.8, 4) is 0 Å². The molecular formula is C8H4F6S2. The second kappa shape index (κ2) is 4.79. The molecule has 0 amide bonds. The van der Waals surface area contributed by atoms with Crippen LogP contribution in [0.1, 0.15) is 0 Å². The minimum absolute atomic E-state index is 0.140. The third-order valence-corrected chi connectivity index (χ3v) is 2.77. The number of alkyl halides is 6. The van der Waals surface area contributed by atoms with Crippen LogP contribution in [0.15, 0.2) is 34.1 Å². The van der Waals surface area contributed by atoms with Crippen LogP contribution in [0.2, 0.25) is 0 Å². The zero-order valence-corrected chi connectivity index (χ0v) is 9.03. The highest BCUT2D eigenvalue weighted by Gasteiger charge is 2.30. The summed E-state index contributed by atoms with van der Waals surface area (Å²) < 4.78 is 71.3. The summed E-state index contributed by atoms with van der Waals surface area (Å²) in [6.45, 7) is 0. The molecule has 0 unspecified atom stereocenters. The van der Waals surface area contributed by atoms with E-state index in [0.29, 0.717) is 0 Å². The van der Waals surface area contributed by atoms with E-state index in [-0.39, 0.29) is 33.3 Å². The normalized spacial score (nSPS) is 12.9. The Bertz CT molecular complexity index is 304. The molecule has 0 aliphatic carbocycles. The molecule has 1 rings (SSSR count). The lowest BCUT2D eigenvalue weighted by molar-refractivity contribution is -0.0338. The lowest BCUT2D eigenvalue weighted by Gasteiger charge is -2.07. The Labute approximate surface area is 95.4 Å². The first kappa shape index (κ1) is 13.6. The van der Waals surface area contributed by atoms with Crippen molar-refractivity contribution in [3.63, 3.8) is 0 Å². The standard InChI is InChI=1S/C8H4F6S2/c9-7(10,11)15-5-1-2-6(4-3-5)16-8(12,13)14/h1-4H. The van der Waals surface area contributed by atoms with Crippen molar-refractivity contribution >= 4 is 23.5 Å². The van der Waals surface area contributed by atoms with Gasteiger partial charge in [0.15, 0.2) is 0 Å². The fraction of sp³-hybridized carbons (Fsp3) is 0.250. The van der Waals surface area contributed by atoms with E-state index in [1.165, 1.54) is 0 Å². The third kappa shape index (κ3) is 5.55. The molecule has 90 valence electrons. The number of thioether (sulfide) groups is 2. The molecule has 1 aromatic carbocycles. The van der Waals surface area contributed by atoms with Crippen LogP contribution >= 0.6 is 23.5 Å². The van der Waals surface area contributed by atoms with Gasteiger partial charge in [0.1, 0.15) is 0 Å². The smallest absolute Gasteiger partial charge is 0.160 e. The highest BCUT2D eigenvalue weighted by Crippen LogP contribution is 2.40. The molecule has 0 bridgehead atoms. The molecule has 0 heterocycles. The highest BCUT2D eigenvalue weighted by molar-refractivity contribution is 8.00. The van der Waals surface area contributed by atoms with Gasteiger partial charge >= 0.3 is 11.0 Å². The Morgan fingerprint density at radius 3 is 1.06 bits per heavy atom. The molecule has 8 heteroatoms. The van der Waals surface area contributed by atoms with Crippen molar-refractivity contribution in [1.29, 1.82) is 0 Å². The molecule has 0 nitrogen and oxygen atoms in total. The summed E-state index contributed by atoms with van der Waals surface area (Å²) >= 11 is -0.726. The summed E-state index contributed by atoms with van der Waals surface area (Å²) in [6.07, 6.45) is 0. The van der Waals surface area contributed by atoms with Gasteiger partial charge in [-0.25, -0.2) is 0 Å². The largest absolute Gasteiger partial charge is 0.446 e. The third-order valence-electron chi connectivity index (χ3n) is 1.29. The van der Waals surface area contributed by atoms with E-state index < -0.39 is 11.0 Å². The molecule has 0 spiro atoms. The van der Waals surface area contributed by atoms with Gasteiger partial charge in [-0.2, -0.15) is 26.3 Å². The van der Waals surface area contributed by atoms with E-state index >= 15 is 0 Å². The second-order valence-corrected chi connectivity index (χ2v) is 4.84.